The van der Waals surface area contributed by atoms with Crippen LogP contribution in [0.5, 0.6) is 0 Å². The van der Waals surface area contributed by atoms with Gasteiger partial charge in [0.15, 0.2) is 5.82 Å². The molecule has 0 saturated carbocycles. The standard InChI is InChI=1S/C28H32F4N6O2/c1-2-13-40-25-17-38(21-9-11-37(12-10-21)20-6-4-19(29)5-7-20)16-24(25)34-26(39)15-33-27-22-14-18(28(30,31)32)3-8-23(22)35-36-27/h2-8,14,21,24-25H,1,9-13,15-17H2,(H,34,39)(H2,33,35,36)/t24-,25-/m0/s1. The van der Waals surface area contributed by atoms with Crippen LogP contribution >= 0.6 is 0 Å². The van der Waals surface area contributed by atoms with Gasteiger partial charge in [-0.05, 0) is 55.3 Å². The molecule has 2 aliphatic rings. The minimum Gasteiger partial charge on any atom is -0.371 e. The fraction of sp³-hybridized carbons (Fsp3) is 0.429. The number of hydrogen-bond acceptors (Lipinski definition) is 6. The average molecular weight is 561 g/mol. The van der Waals surface area contributed by atoms with Crippen LogP contribution in [0.1, 0.15) is 18.4 Å². The first-order chi connectivity index (χ1) is 19.2. The van der Waals surface area contributed by atoms with E-state index in [2.05, 4.69) is 37.2 Å². The number of fused-ring (bicyclic) bond motifs is 1. The Kier molecular flexibility index (Phi) is 8.27. The summed E-state index contributed by atoms with van der Waals surface area (Å²) in [6.07, 6.45) is -1.17. The lowest BCUT2D eigenvalue weighted by atomic mass is 10.0. The normalized spacial score (nSPS) is 20.6. The van der Waals surface area contributed by atoms with Crippen molar-refractivity contribution in [3.63, 3.8) is 0 Å². The maximum absolute atomic E-state index is 13.3. The van der Waals surface area contributed by atoms with Crippen molar-refractivity contribution in [2.24, 2.45) is 0 Å². The molecule has 0 bridgehead atoms. The summed E-state index contributed by atoms with van der Waals surface area (Å²) in [6, 6.07) is 9.92. The van der Waals surface area contributed by atoms with Crippen LogP contribution in [-0.2, 0) is 15.7 Å². The summed E-state index contributed by atoms with van der Waals surface area (Å²) in [5, 5.41) is 12.9. The Morgan fingerprint density at radius 2 is 1.90 bits per heavy atom. The van der Waals surface area contributed by atoms with E-state index in [1.165, 1.54) is 18.2 Å². The molecule has 3 heterocycles. The summed E-state index contributed by atoms with van der Waals surface area (Å²) in [7, 11) is 0. The second-order valence-corrected chi connectivity index (χ2v) is 10.2. The van der Waals surface area contributed by atoms with Crippen molar-refractivity contribution in [2.75, 3.05) is 49.5 Å². The zero-order valence-corrected chi connectivity index (χ0v) is 21.9. The molecule has 5 rings (SSSR count). The Bertz CT molecular complexity index is 1320. The molecule has 2 fully saturated rings. The summed E-state index contributed by atoms with van der Waals surface area (Å²) >= 11 is 0. The van der Waals surface area contributed by atoms with Crippen LogP contribution in [0.4, 0.5) is 29.1 Å². The van der Waals surface area contributed by atoms with E-state index in [4.69, 9.17) is 4.74 Å². The number of carbonyl (C=O) groups is 1. The number of aromatic nitrogens is 2. The number of nitrogens with zero attached hydrogens (tertiary/aromatic N) is 3. The Labute approximate surface area is 229 Å². The number of piperidine rings is 1. The molecule has 3 aromatic rings. The number of halogens is 4. The lowest BCUT2D eigenvalue weighted by Gasteiger charge is -2.38. The topological polar surface area (TPSA) is 85.5 Å². The number of anilines is 2. The van der Waals surface area contributed by atoms with E-state index < -0.39 is 11.7 Å². The minimum atomic E-state index is -4.48. The maximum Gasteiger partial charge on any atom is 0.416 e. The molecule has 12 heteroatoms. The zero-order valence-electron chi connectivity index (χ0n) is 21.9. The van der Waals surface area contributed by atoms with Crippen molar-refractivity contribution in [1.29, 1.82) is 0 Å². The van der Waals surface area contributed by atoms with E-state index in [-0.39, 0.29) is 41.6 Å². The van der Waals surface area contributed by atoms with Gasteiger partial charge in [-0.3, -0.25) is 14.8 Å². The Balaban J connectivity index is 1.17. The van der Waals surface area contributed by atoms with Gasteiger partial charge in [0, 0.05) is 43.3 Å². The predicted octanol–water partition coefficient (Wildman–Crippen LogP) is 4.17. The first-order valence-electron chi connectivity index (χ1n) is 13.3. The highest BCUT2D eigenvalue weighted by molar-refractivity contribution is 5.92. The van der Waals surface area contributed by atoms with Gasteiger partial charge < -0.3 is 20.3 Å². The number of rotatable bonds is 9. The van der Waals surface area contributed by atoms with E-state index in [1.54, 1.807) is 18.2 Å². The lowest BCUT2D eigenvalue weighted by Crippen LogP contribution is -2.47. The van der Waals surface area contributed by atoms with Crippen LogP contribution in [0.15, 0.2) is 55.1 Å². The predicted molar refractivity (Wildman–Crippen MR) is 145 cm³/mol. The first kappa shape index (κ1) is 27.9. The van der Waals surface area contributed by atoms with E-state index in [9.17, 15) is 22.4 Å². The quantitative estimate of drug-likeness (QED) is 0.269. The number of aromatic amines is 1. The summed E-state index contributed by atoms with van der Waals surface area (Å²) in [4.78, 5) is 17.5. The lowest BCUT2D eigenvalue weighted by molar-refractivity contribution is -0.137. The molecular weight excluding hydrogens is 528 g/mol. The van der Waals surface area contributed by atoms with E-state index in [0.29, 0.717) is 31.3 Å². The van der Waals surface area contributed by atoms with Gasteiger partial charge in [-0.25, -0.2) is 4.39 Å². The van der Waals surface area contributed by atoms with Crippen LogP contribution in [0.3, 0.4) is 0 Å². The number of hydrogen-bond donors (Lipinski definition) is 3. The monoisotopic (exact) mass is 560 g/mol. The molecular formula is C28H32F4N6O2. The molecule has 2 aromatic carbocycles. The third-order valence-electron chi connectivity index (χ3n) is 7.55. The smallest absolute Gasteiger partial charge is 0.371 e. The fourth-order valence-electron chi connectivity index (χ4n) is 5.49. The van der Waals surface area contributed by atoms with Crippen LogP contribution in [0.2, 0.25) is 0 Å². The molecule has 2 atom stereocenters. The second-order valence-electron chi connectivity index (χ2n) is 10.2. The Morgan fingerprint density at radius 1 is 1.15 bits per heavy atom. The zero-order chi connectivity index (χ0) is 28.3. The van der Waals surface area contributed by atoms with Crippen molar-refractivity contribution in [3.8, 4) is 0 Å². The molecule has 1 amide bonds. The number of benzene rings is 2. The van der Waals surface area contributed by atoms with Gasteiger partial charge in [0.25, 0.3) is 0 Å². The van der Waals surface area contributed by atoms with Gasteiger partial charge in [-0.15, -0.1) is 6.58 Å². The highest BCUT2D eigenvalue weighted by atomic mass is 19.4. The van der Waals surface area contributed by atoms with Gasteiger partial charge >= 0.3 is 6.18 Å². The summed E-state index contributed by atoms with van der Waals surface area (Å²) < 4.78 is 58.7. The number of amides is 1. The fourth-order valence-corrected chi connectivity index (χ4v) is 5.49. The van der Waals surface area contributed by atoms with Crippen molar-refractivity contribution in [3.05, 3.63) is 66.5 Å². The van der Waals surface area contributed by atoms with Gasteiger partial charge in [-0.1, -0.05) is 6.08 Å². The van der Waals surface area contributed by atoms with Gasteiger partial charge in [0.1, 0.15) is 5.82 Å². The van der Waals surface area contributed by atoms with Crippen molar-refractivity contribution in [2.45, 2.75) is 37.2 Å². The molecule has 0 aliphatic carbocycles. The number of carbonyl (C=O) groups excluding carboxylic acids is 1. The Hall–Kier alpha value is -3.64. The van der Waals surface area contributed by atoms with Crippen molar-refractivity contribution in [1.82, 2.24) is 20.4 Å². The van der Waals surface area contributed by atoms with E-state index in [1.807, 2.05) is 0 Å². The second kappa shape index (κ2) is 11.8. The number of likely N-dealkylation sites (tertiary alicyclic amines) is 1. The first-order valence-corrected chi connectivity index (χ1v) is 13.3. The molecule has 0 spiro atoms. The van der Waals surface area contributed by atoms with Crippen LogP contribution < -0.4 is 15.5 Å². The summed E-state index contributed by atoms with van der Waals surface area (Å²) in [6.45, 7) is 6.89. The average Bonchev–Trinajstić information content (AvgIpc) is 3.54. The Morgan fingerprint density at radius 3 is 2.60 bits per heavy atom. The number of nitrogens with one attached hydrogen (secondary N) is 3. The van der Waals surface area contributed by atoms with Crippen LogP contribution in [0, 0.1) is 5.82 Å². The van der Waals surface area contributed by atoms with E-state index in [0.717, 1.165) is 43.8 Å². The van der Waals surface area contributed by atoms with Crippen molar-refractivity contribution >= 4 is 28.3 Å². The number of alkyl halides is 3. The molecule has 1 aromatic heterocycles. The molecule has 0 unspecified atom stereocenters. The number of ether oxygens (including phenoxy) is 1. The third-order valence-corrected chi connectivity index (χ3v) is 7.55. The number of H-pyrrole nitrogens is 1. The van der Waals surface area contributed by atoms with E-state index >= 15 is 0 Å². The SMILES string of the molecule is C=CCO[C@H]1CN(C2CCN(c3ccc(F)cc3)CC2)C[C@@H]1NC(=O)CNc1n[nH]c2ccc(C(F)(F)F)cc12. The van der Waals surface area contributed by atoms with Gasteiger partial charge in [-0.2, -0.15) is 18.3 Å². The third kappa shape index (κ3) is 6.39. The molecule has 8 nitrogen and oxygen atoms in total. The molecule has 2 aliphatic heterocycles. The van der Waals surface area contributed by atoms with Gasteiger partial charge in [0.05, 0.1) is 36.4 Å². The molecule has 214 valence electrons. The van der Waals surface area contributed by atoms with Crippen LogP contribution in [0.25, 0.3) is 10.9 Å². The van der Waals surface area contributed by atoms with Crippen LogP contribution in [-0.4, -0.2) is 78.5 Å². The minimum absolute atomic E-state index is 0.156. The molecule has 3 N–H and O–H groups in total. The summed E-state index contributed by atoms with van der Waals surface area (Å²) in [5.41, 5.74) is 0.654. The highest BCUT2D eigenvalue weighted by Gasteiger charge is 2.38. The molecule has 40 heavy (non-hydrogen) atoms. The summed E-state index contributed by atoms with van der Waals surface area (Å²) in [5.74, 6) is -0.386. The van der Waals surface area contributed by atoms with Gasteiger partial charge in [0.2, 0.25) is 5.91 Å². The molecule has 0 radical (unpaired) electrons. The largest absolute Gasteiger partial charge is 0.416 e. The highest BCUT2D eigenvalue weighted by Crippen LogP contribution is 2.33. The molecule has 2 saturated heterocycles. The maximum atomic E-state index is 13.3. The van der Waals surface area contributed by atoms with Crippen molar-refractivity contribution < 1.29 is 27.1 Å².